The molecule has 146 valence electrons. The predicted octanol–water partition coefficient (Wildman–Crippen LogP) is 3.26. The number of ether oxygens (including phenoxy) is 1. The number of likely N-dealkylation sites (tertiary alicyclic amines) is 1. The first-order valence-electron chi connectivity index (χ1n) is 9.30. The van der Waals surface area contributed by atoms with Crippen LogP contribution in [0.2, 0.25) is 0 Å². The topological polar surface area (TPSA) is 47.4 Å². The molecule has 1 fully saturated rings. The van der Waals surface area contributed by atoms with Crippen molar-refractivity contribution in [2.24, 2.45) is 7.05 Å². The minimum atomic E-state index is -0.683. The van der Waals surface area contributed by atoms with E-state index in [2.05, 4.69) is 9.88 Å². The molecule has 0 bridgehead atoms. The highest BCUT2D eigenvalue weighted by Gasteiger charge is 2.23. The maximum Gasteiger partial charge on any atom is 0.261 e. The molecule has 0 unspecified atom stereocenters. The van der Waals surface area contributed by atoms with Crippen molar-refractivity contribution in [3.63, 3.8) is 0 Å². The Morgan fingerprint density at radius 1 is 1.14 bits per heavy atom. The Morgan fingerprint density at radius 3 is 2.64 bits per heavy atom. The molecule has 1 saturated heterocycles. The van der Waals surface area contributed by atoms with Gasteiger partial charge in [-0.1, -0.05) is 12.1 Å². The monoisotopic (exact) mass is 385 g/mol. The zero-order valence-corrected chi connectivity index (χ0v) is 15.6. The van der Waals surface area contributed by atoms with Crippen LogP contribution in [0.1, 0.15) is 18.7 Å². The van der Waals surface area contributed by atoms with Crippen molar-refractivity contribution in [3.05, 3.63) is 70.3 Å². The van der Waals surface area contributed by atoms with Crippen LogP contribution in [0.5, 0.6) is 5.75 Å². The number of hydrogen-bond donors (Lipinski definition) is 0. The lowest BCUT2D eigenvalue weighted by Crippen LogP contribution is -2.39. The summed E-state index contributed by atoms with van der Waals surface area (Å²) in [5.74, 6) is -0.503. The van der Waals surface area contributed by atoms with Gasteiger partial charge in [0.25, 0.3) is 5.56 Å². The second-order valence-electron chi connectivity index (χ2n) is 7.08. The molecule has 28 heavy (non-hydrogen) atoms. The van der Waals surface area contributed by atoms with Crippen LogP contribution in [0.15, 0.2) is 47.3 Å². The van der Waals surface area contributed by atoms with Crippen LogP contribution in [0.25, 0.3) is 10.9 Å². The van der Waals surface area contributed by atoms with Gasteiger partial charge in [0.15, 0.2) is 11.6 Å². The van der Waals surface area contributed by atoms with Crippen molar-refractivity contribution >= 4 is 10.9 Å². The van der Waals surface area contributed by atoms with E-state index in [4.69, 9.17) is 4.74 Å². The molecule has 1 aromatic heterocycles. The number of aromatic nitrogens is 2. The fourth-order valence-electron chi connectivity index (χ4n) is 3.54. The van der Waals surface area contributed by atoms with Gasteiger partial charge in [0.2, 0.25) is 0 Å². The van der Waals surface area contributed by atoms with Gasteiger partial charge in [0.1, 0.15) is 17.7 Å². The van der Waals surface area contributed by atoms with Gasteiger partial charge >= 0.3 is 0 Å². The van der Waals surface area contributed by atoms with E-state index in [1.165, 1.54) is 12.1 Å². The molecular formula is C21H21F2N3O2. The molecule has 0 N–H and O–H groups in total. The van der Waals surface area contributed by atoms with Crippen molar-refractivity contribution in [1.29, 1.82) is 0 Å². The van der Waals surface area contributed by atoms with Crippen LogP contribution in [-0.2, 0) is 13.6 Å². The molecule has 1 aliphatic heterocycles. The molecule has 0 aliphatic carbocycles. The number of hydrogen-bond acceptors (Lipinski definition) is 4. The van der Waals surface area contributed by atoms with Crippen LogP contribution in [0.3, 0.4) is 0 Å². The van der Waals surface area contributed by atoms with Crippen LogP contribution in [0.4, 0.5) is 8.78 Å². The number of nitrogens with zero attached hydrogens (tertiary/aromatic N) is 3. The van der Waals surface area contributed by atoms with Crippen molar-refractivity contribution < 1.29 is 13.5 Å². The molecule has 2 aromatic carbocycles. The predicted molar refractivity (Wildman–Crippen MR) is 102 cm³/mol. The first-order chi connectivity index (χ1) is 13.5. The zero-order chi connectivity index (χ0) is 19.7. The highest BCUT2D eigenvalue weighted by Crippen LogP contribution is 2.23. The molecule has 0 amide bonds. The van der Waals surface area contributed by atoms with E-state index < -0.39 is 11.6 Å². The Balaban J connectivity index is 1.41. The second-order valence-corrected chi connectivity index (χ2v) is 7.08. The van der Waals surface area contributed by atoms with Gasteiger partial charge in [0.05, 0.1) is 17.4 Å². The molecule has 5 nitrogen and oxygen atoms in total. The summed E-state index contributed by atoms with van der Waals surface area (Å²) in [4.78, 5) is 19.4. The molecule has 2 heterocycles. The maximum absolute atomic E-state index is 13.8. The third-order valence-corrected chi connectivity index (χ3v) is 5.16. The lowest BCUT2D eigenvalue weighted by molar-refractivity contribution is 0.0914. The van der Waals surface area contributed by atoms with Crippen molar-refractivity contribution in [2.75, 3.05) is 13.1 Å². The normalized spacial score (nSPS) is 15.8. The zero-order valence-electron chi connectivity index (χ0n) is 15.6. The quantitative estimate of drug-likeness (QED) is 0.692. The van der Waals surface area contributed by atoms with E-state index in [1.54, 1.807) is 17.7 Å². The van der Waals surface area contributed by atoms with E-state index in [9.17, 15) is 13.6 Å². The molecule has 4 rings (SSSR count). The summed E-state index contributed by atoms with van der Waals surface area (Å²) in [5.41, 5.74) is 0.649. The average Bonchev–Trinajstić information content (AvgIpc) is 2.69. The standard InChI is InChI=1S/C21H21F2N3O2/c1-25-20(24-18-5-3-2-4-16(18)21(25)27)13-26-10-8-15(9-11-26)28-19-7-6-14(22)12-17(19)23/h2-7,12,15H,8-11,13H2,1H3. The Kier molecular flexibility index (Phi) is 5.09. The number of para-hydroxylation sites is 1. The summed E-state index contributed by atoms with van der Waals surface area (Å²) in [7, 11) is 1.74. The Bertz CT molecular complexity index is 1060. The summed E-state index contributed by atoms with van der Waals surface area (Å²) in [6, 6.07) is 10.7. The fourth-order valence-corrected chi connectivity index (χ4v) is 3.54. The summed E-state index contributed by atoms with van der Waals surface area (Å²) in [6.07, 6.45) is 1.32. The van der Waals surface area contributed by atoms with Crippen molar-refractivity contribution in [3.8, 4) is 5.75 Å². The van der Waals surface area contributed by atoms with Gasteiger partial charge in [-0.15, -0.1) is 0 Å². The lowest BCUT2D eigenvalue weighted by Gasteiger charge is -2.32. The highest BCUT2D eigenvalue weighted by molar-refractivity contribution is 5.77. The van der Waals surface area contributed by atoms with Crippen LogP contribution >= 0.6 is 0 Å². The summed E-state index contributed by atoms with van der Waals surface area (Å²) < 4.78 is 34.1. The first-order valence-corrected chi connectivity index (χ1v) is 9.30. The Labute approximate surface area is 161 Å². The van der Waals surface area contributed by atoms with Gasteiger partial charge in [0, 0.05) is 26.2 Å². The average molecular weight is 385 g/mol. The summed E-state index contributed by atoms with van der Waals surface area (Å²) in [6.45, 7) is 2.06. The lowest BCUT2D eigenvalue weighted by atomic mass is 10.1. The van der Waals surface area contributed by atoms with Crippen LogP contribution in [-0.4, -0.2) is 33.6 Å². The first kappa shape index (κ1) is 18.6. The molecule has 0 atom stereocenters. The second kappa shape index (κ2) is 7.67. The minimum Gasteiger partial charge on any atom is -0.487 e. The van der Waals surface area contributed by atoms with Crippen LogP contribution < -0.4 is 10.3 Å². The number of benzene rings is 2. The Morgan fingerprint density at radius 2 is 1.89 bits per heavy atom. The van der Waals surface area contributed by atoms with E-state index in [0.29, 0.717) is 23.3 Å². The SMILES string of the molecule is Cn1c(CN2CCC(Oc3ccc(F)cc3F)CC2)nc2ccccc2c1=O. The Hall–Kier alpha value is -2.80. The van der Waals surface area contributed by atoms with E-state index >= 15 is 0 Å². The van der Waals surface area contributed by atoms with Crippen molar-refractivity contribution in [1.82, 2.24) is 14.5 Å². The molecular weight excluding hydrogens is 364 g/mol. The van der Waals surface area contributed by atoms with Gasteiger partial charge in [-0.3, -0.25) is 14.3 Å². The maximum atomic E-state index is 13.8. The van der Waals surface area contributed by atoms with Gasteiger partial charge < -0.3 is 4.74 Å². The molecule has 0 spiro atoms. The van der Waals surface area contributed by atoms with Crippen molar-refractivity contribution in [2.45, 2.75) is 25.5 Å². The molecule has 1 aliphatic rings. The molecule has 3 aromatic rings. The third kappa shape index (κ3) is 3.75. The third-order valence-electron chi connectivity index (χ3n) is 5.16. The fraction of sp³-hybridized carbons (Fsp3) is 0.333. The van der Waals surface area contributed by atoms with E-state index in [1.807, 2.05) is 18.2 Å². The minimum absolute atomic E-state index is 0.0504. The van der Waals surface area contributed by atoms with E-state index in [-0.39, 0.29) is 17.4 Å². The van der Waals surface area contributed by atoms with Gasteiger partial charge in [-0.05, 0) is 37.1 Å². The number of halogens is 2. The van der Waals surface area contributed by atoms with Crippen LogP contribution in [0, 0.1) is 11.6 Å². The largest absolute Gasteiger partial charge is 0.487 e. The number of rotatable bonds is 4. The highest BCUT2D eigenvalue weighted by atomic mass is 19.1. The summed E-state index contributed by atoms with van der Waals surface area (Å²) >= 11 is 0. The summed E-state index contributed by atoms with van der Waals surface area (Å²) in [5, 5.41) is 0.613. The molecule has 7 heteroatoms. The molecule has 0 saturated carbocycles. The molecule has 0 radical (unpaired) electrons. The van der Waals surface area contributed by atoms with E-state index in [0.717, 1.165) is 32.0 Å². The number of piperidine rings is 1. The van der Waals surface area contributed by atoms with Gasteiger partial charge in [-0.2, -0.15) is 0 Å². The smallest absolute Gasteiger partial charge is 0.261 e. The number of fused-ring (bicyclic) bond motifs is 1. The van der Waals surface area contributed by atoms with Gasteiger partial charge in [-0.25, -0.2) is 13.8 Å².